The van der Waals surface area contributed by atoms with Gasteiger partial charge in [0.1, 0.15) is 11.3 Å². The van der Waals surface area contributed by atoms with Crippen molar-refractivity contribution in [3.8, 4) is 0 Å². The topological polar surface area (TPSA) is 65.2 Å². The van der Waals surface area contributed by atoms with Gasteiger partial charge in [-0.15, -0.1) is 0 Å². The number of aromatic nitrogens is 1. The Morgan fingerprint density at radius 3 is 2.65 bits per heavy atom. The van der Waals surface area contributed by atoms with Crippen LogP contribution in [-0.2, 0) is 6.18 Å². The standard InChI is InChI=1S/C18H18F3N3O2/c1-10-3-4-11-13(7-8-24(2)14(11)9-10)22-16(25)12-5-6-15(18(19,20)21)23-17(12)26/h3-6,9,13H,7-8H2,1-2H3,(H,22,25)(H,23,26). The second kappa shape index (κ2) is 6.51. The van der Waals surface area contributed by atoms with E-state index in [1.54, 1.807) is 4.98 Å². The van der Waals surface area contributed by atoms with Crippen LogP contribution in [0.3, 0.4) is 0 Å². The molecular weight excluding hydrogens is 347 g/mol. The van der Waals surface area contributed by atoms with Crippen molar-refractivity contribution in [2.75, 3.05) is 18.5 Å². The number of hydrogen-bond acceptors (Lipinski definition) is 3. The Kier molecular flexibility index (Phi) is 4.52. The summed E-state index contributed by atoms with van der Waals surface area (Å²) < 4.78 is 37.9. The third kappa shape index (κ3) is 3.44. The lowest BCUT2D eigenvalue weighted by Gasteiger charge is -2.33. The Morgan fingerprint density at radius 2 is 2.00 bits per heavy atom. The average molecular weight is 365 g/mol. The van der Waals surface area contributed by atoms with Crippen LogP contribution >= 0.6 is 0 Å². The average Bonchev–Trinajstić information content (AvgIpc) is 2.56. The molecule has 0 fully saturated rings. The van der Waals surface area contributed by atoms with Gasteiger partial charge < -0.3 is 15.2 Å². The van der Waals surface area contributed by atoms with Crippen molar-refractivity contribution in [2.24, 2.45) is 0 Å². The molecule has 0 radical (unpaired) electrons. The first-order valence-corrected chi connectivity index (χ1v) is 8.10. The van der Waals surface area contributed by atoms with Crippen LogP contribution in [0, 0.1) is 6.92 Å². The predicted molar refractivity (Wildman–Crippen MR) is 91.3 cm³/mol. The summed E-state index contributed by atoms with van der Waals surface area (Å²) >= 11 is 0. The lowest BCUT2D eigenvalue weighted by Crippen LogP contribution is -2.38. The fraction of sp³-hybridized carbons (Fsp3) is 0.333. The molecule has 1 unspecified atom stereocenters. The maximum atomic E-state index is 12.6. The van der Waals surface area contributed by atoms with E-state index in [0.29, 0.717) is 19.0 Å². The van der Waals surface area contributed by atoms with Crippen LogP contribution in [0.2, 0.25) is 0 Å². The van der Waals surface area contributed by atoms with E-state index >= 15 is 0 Å². The second-order valence-corrected chi connectivity index (χ2v) is 6.41. The van der Waals surface area contributed by atoms with Gasteiger partial charge in [-0.05, 0) is 42.7 Å². The Balaban J connectivity index is 1.86. The molecule has 1 atom stereocenters. The van der Waals surface area contributed by atoms with E-state index < -0.39 is 23.3 Å². The highest BCUT2D eigenvalue weighted by atomic mass is 19.4. The number of pyridine rings is 1. The van der Waals surface area contributed by atoms with E-state index in [-0.39, 0.29) is 11.6 Å². The molecule has 1 amide bonds. The number of alkyl halides is 3. The van der Waals surface area contributed by atoms with Crippen LogP contribution in [0.4, 0.5) is 18.9 Å². The van der Waals surface area contributed by atoms with E-state index in [1.165, 1.54) is 0 Å². The molecule has 1 aromatic heterocycles. The highest BCUT2D eigenvalue weighted by Crippen LogP contribution is 2.33. The summed E-state index contributed by atoms with van der Waals surface area (Å²) in [6.07, 6.45) is -4.03. The first-order valence-electron chi connectivity index (χ1n) is 8.10. The molecule has 5 nitrogen and oxygen atoms in total. The Hall–Kier alpha value is -2.77. The van der Waals surface area contributed by atoms with E-state index in [1.807, 2.05) is 32.2 Å². The second-order valence-electron chi connectivity index (χ2n) is 6.41. The molecule has 0 spiro atoms. The largest absolute Gasteiger partial charge is 0.431 e. The van der Waals surface area contributed by atoms with Gasteiger partial charge in [-0.25, -0.2) is 0 Å². The number of rotatable bonds is 2. The van der Waals surface area contributed by atoms with Crippen molar-refractivity contribution >= 4 is 11.6 Å². The molecule has 3 rings (SSSR count). The number of carbonyl (C=O) groups is 1. The van der Waals surface area contributed by atoms with Crippen molar-refractivity contribution in [3.05, 3.63) is 63.1 Å². The molecule has 0 saturated carbocycles. The zero-order valence-corrected chi connectivity index (χ0v) is 14.3. The third-order valence-electron chi connectivity index (χ3n) is 4.49. The highest BCUT2D eigenvalue weighted by molar-refractivity contribution is 5.94. The van der Waals surface area contributed by atoms with E-state index in [2.05, 4.69) is 10.2 Å². The SMILES string of the molecule is Cc1ccc2c(c1)N(C)CCC2NC(=O)c1ccc(C(F)(F)F)[nH]c1=O. The molecule has 0 bridgehead atoms. The van der Waals surface area contributed by atoms with Crippen LogP contribution < -0.4 is 15.8 Å². The zero-order chi connectivity index (χ0) is 19.1. The first-order chi connectivity index (χ1) is 12.2. The summed E-state index contributed by atoms with van der Waals surface area (Å²) in [4.78, 5) is 28.1. The number of halogens is 3. The minimum absolute atomic E-state index is 0.309. The molecule has 1 aliphatic heterocycles. The van der Waals surface area contributed by atoms with Crippen molar-refractivity contribution < 1.29 is 18.0 Å². The van der Waals surface area contributed by atoms with Crippen molar-refractivity contribution in [2.45, 2.75) is 25.6 Å². The number of H-pyrrole nitrogens is 1. The van der Waals surface area contributed by atoms with Crippen molar-refractivity contribution in [3.63, 3.8) is 0 Å². The van der Waals surface area contributed by atoms with E-state index in [0.717, 1.165) is 22.9 Å². The normalized spacial score (nSPS) is 17.0. The van der Waals surface area contributed by atoms with Gasteiger partial charge in [0, 0.05) is 19.3 Å². The molecule has 2 aromatic rings. The van der Waals surface area contributed by atoms with Gasteiger partial charge in [0.25, 0.3) is 11.5 Å². The van der Waals surface area contributed by atoms with Gasteiger partial charge in [0.05, 0.1) is 6.04 Å². The molecular formula is C18H18F3N3O2. The predicted octanol–water partition coefficient (Wildman–Crippen LogP) is 3.01. The maximum absolute atomic E-state index is 12.6. The lowest BCUT2D eigenvalue weighted by atomic mass is 9.95. The van der Waals surface area contributed by atoms with Gasteiger partial charge >= 0.3 is 6.18 Å². The quantitative estimate of drug-likeness (QED) is 0.860. The smallest absolute Gasteiger partial charge is 0.374 e. The number of hydrogen-bond donors (Lipinski definition) is 2. The van der Waals surface area contributed by atoms with Crippen molar-refractivity contribution in [1.82, 2.24) is 10.3 Å². The monoisotopic (exact) mass is 365 g/mol. The van der Waals surface area contributed by atoms with Gasteiger partial charge in [-0.3, -0.25) is 9.59 Å². The van der Waals surface area contributed by atoms with Crippen molar-refractivity contribution in [1.29, 1.82) is 0 Å². The molecule has 0 saturated heterocycles. The number of anilines is 1. The molecule has 2 N–H and O–H groups in total. The fourth-order valence-corrected chi connectivity index (χ4v) is 3.08. The number of fused-ring (bicyclic) bond motifs is 1. The maximum Gasteiger partial charge on any atom is 0.431 e. The summed E-state index contributed by atoms with van der Waals surface area (Å²) in [6, 6.07) is 7.16. The van der Waals surface area contributed by atoms with Gasteiger partial charge in [0.2, 0.25) is 0 Å². The van der Waals surface area contributed by atoms with Crippen LogP contribution in [0.1, 0.15) is 39.6 Å². The number of aryl methyl sites for hydroxylation is 1. The fourth-order valence-electron chi connectivity index (χ4n) is 3.08. The first kappa shape index (κ1) is 18.0. The van der Waals surface area contributed by atoms with Crippen LogP contribution in [-0.4, -0.2) is 24.5 Å². The number of nitrogens with one attached hydrogen (secondary N) is 2. The highest BCUT2D eigenvalue weighted by Gasteiger charge is 2.32. The van der Waals surface area contributed by atoms with Crippen LogP contribution in [0.25, 0.3) is 0 Å². The van der Waals surface area contributed by atoms with Gasteiger partial charge in [0.15, 0.2) is 0 Å². The van der Waals surface area contributed by atoms with Gasteiger partial charge in [-0.2, -0.15) is 13.2 Å². The summed E-state index contributed by atoms with van der Waals surface area (Å²) in [5, 5.41) is 2.76. The van der Waals surface area contributed by atoms with Crippen LogP contribution in [0.15, 0.2) is 35.1 Å². The molecule has 0 aliphatic carbocycles. The Morgan fingerprint density at radius 1 is 1.27 bits per heavy atom. The molecule has 1 aromatic carbocycles. The number of carbonyl (C=O) groups excluding carboxylic acids is 1. The molecule has 8 heteroatoms. The zero-order valence-electron chi connectivity index (χ0n) is 14.3. The number of nitrogens with zero attached hydrogens (tertiary/aromatic N) is 1. The number of amides is 1. The molecule has 2 heterocycles. The summed E-state index contributed by atoms with van der Waals surface area (Å²) in [7, 11) is 1.96. The summed E-state index contributed by atoms with van der Waals surface area (Å²) in [5.74, 6) is -0.693. The Labute approximate surface area is 147 Å². The molecule has 1 aliphatic rings. The van der Waals surface area contributed by atoms with E-state index in [9.17, 15) is 22.8 Å². The minimum atomic E-state index is -4.67. The minimum Gasteiger partial charge on any atom is -0.374 e. The lowest BCUT2D eigenvalue weighted by molar-refractivity contribution is -0.141. The number of aromatic amines is 1. The summed E-state index contributed by atoms with van der Waals surface area (Å²) in [5.41, 5.74) is 0.407. The summed E-state index contributed by atoms with van der Waals surface area (Å²) in [6.45, 7) is 2.68. The Bertz CT molecular complexity index is 905. The molecule has 26 heavy (non-hydrogen) atoms. The van der Waals surface area contributed by atoms with E-state index in [4.69, 9.17) is 0 Å². The van der Waals surface area contributed by atoms with Gasteiger partial charge in [-0.1, -0.05) is 12.1 Å². The third-order valence-corrected chi connectivity index (χ3v) is 4.49. The molecule has 138 valence electrons. The van der Waals surface area contributed by atoms with Crippen LogP contribution in [0.5, 0.6) is 0 Å². The number of benzene rings is 1.